The van der Waals surface area contributed by atoms with E-state index in [4.69, 9.17) is 0 Å². The highest BCUT2D eigenvalue weighted by atomic mass is 32.1. The van der Waals surface area contributed by atoms with E-state index in [9.17, 15) is 39.5 Å². The molecule has 0 amide bonds. The summed E-state index contributed by atoms with van der Waals surface area (Å²) in [7, 11) is 0. The van der Waals surface area contributed by atoms with E-state index in [0.717, 1.165) is 17.4 Å². The van der Waals surface area contributed by atoms with E-state index in [-0.39, 0.29) is 16.5 Å². The molecule has 0 aliphatic carbocycles. The Morgan fingerprint density at radius 2 is 1.41 bits per heavy atom. The van der Waals surface area contributed by atoms with Gasteiger partial charge in [-0.2, -0.15) is 8.78 Å². The molecule has 0 spiro atoms. The third-order valence-electron chi connectivity index (χ3n) is 4.06. The molecule has 0 aliphatic heterocycles. The fourth-order valence-corrected chi connectivity index (χ4v) is 3.68. The standard InChI is InChI=1S/C20H11F9O2S/c1-2-11-8-15(24)18(32-11)9-5-13(22)17(14(23)6-9)19(25,26)30-10-3-4-16(12(21)7-10)31-20(27,28)29/h3-8H,2H2,1H3. The molecule has 12 heteroatoms. The number of halogens is 9. The Morgan fingerprint density at radius 1 is 0.781 bits per heavy atom. The lowest BCUT2D eigenvalue weighted by atomic mass is 10.1. The molecule has 0 saturated heterocycles. The highest BCUT2D eigenvalue weighted by Gasteiger charge is 2.42. The van der Waals surface area contributed by atoms with Crippen LogP contribution < -0.4 is 9.47 Å². The van der Waals surface area contributed by atoms with E-state index in [2.05, 4.69) is 9.47 Å². The number of ether oxygens (including phenoxy) is 2. The van der Waals surface area contributed by atoms with E-state index in [1.54, 1.807) is 6.92 Å². The summed E-state index contributed by atoms with van der Waals surface area (Å²) in [6, 6.07) is 3.12. The zero-order valence-electron chi connectivity index (χ0n) is 15.8. The van der Waals surface area contributed by atoms with E-state index in [0.29, 0.717) is 35.6 Å². The minimum Gasteiger partial charge on any atom is -0.429 e. The van der Waals surface area contributed by atoms with Gasteiger partial charge < -0.3 is 9.47 Å². The molecule has 3 aromatic rings. The molecule has 172 valence electrons. The van der Waals surface area contributed by atoms with Gasteiger partial charge in [-0.25, -0.2) is 17.6 Å². The quantitative estimate of drug-likeness (QED) is 0.335. The summed E-state index contributed by atoms with van der Waals surface area (Å²) < 4.78 is 129. The van der Waals surface area contributed by atoms with Gasteiger partial charge in [0.15, 0.2) is 11.6 Å². The van der Waals surface area contributed by atoms with Gasteiger partial charge in [0.1, 0.15) is 28.8 Å². The maximum absolute atomic E-state index is 14.4. The monoisotopic (exact) mass is 486 g/mol. The molecule has 0 bridgehead atoms. The van der Waals surface area contributed by atoms with Gasteiger partial charge in [0, 0.05) is 16.5 Å². The summed E-state index contributed by atoms with van der Waals surface area (Å²) in [4.78, 5) is 0.411. The number of aryl methyl sites for hydroxylation is 1. The Labute approximate surface area is 178 Å². The molecule has 32 heavy (non-hydrogen) atoms. The molecular weight excluding hydrogens is 475 g/mol. The number of hydrogen-bond acceptors (Lipinski definition) is 3. The van der Waals surface area contributed by atoms with Crippen LogP contribution in [0.2, 0.25) is 0 Å². The van der Waals surface area contributed by atoms with Crippen LogP contribution in [0, 0.1) is 23.3 Å². The number of rotatable bonds is 6. The normalized spacial score (nSPS) is 12.2. The van der Waals surface area contributed by atoms with Crippen LogP contribution in [0.15, 0.2) is 36.4 Å². The first-order valence-electron chi connectivity index (χ1n) is 8.71. The molecule has 0 radical (unpaired) electrons. The van der Waals surface area contributed by atoms with E-state index >= 15 is 0 Å². The summed E-state index contributed by atoms with van der Waals surface area (Å²) in [6.45, 7) is 1.72. The number of thiophene rings is 1. The molecule has 2 nitrogen and oxygen atoms in total. The maximum atomic E-state index is 14.4. The van der Waals surface area contributed by atoms with Crippen LogP contribution >= 0.6 is 11.3 Å². The van der Waals surface area contributed by atoms with Crippen LogP contribution in [0.4, 0.5) is 39.5 Å². The van der Waals surface area contributed by atoms with Crippen molar-refractivity contribution in [3.8, 4) is 21.9 Å². The van der Waals surface area contributed by atoms with Crippen LogP contribution in [-0.4, -0.2) is 6.36 Å². The average molecular weight is 486 g/mol. The van der Waals surface area contributed by atoms with Crippen LogP contribution in [-0.2, 0) is 12.5 Å². The topological polar surface area (TPSA) is 18.5 Å². The van der Waals surface area contributed by atoms with Crippen molar-refractivity contribution in [3.63, 3.8) is 0 Å². The molecule has 3 rings (SSSR count). The first kappa shape index (κ1) is 23.8. The molecule has 0 atom stereocenters. The molecule has 0 unspecified atom stereocenters. The summed E-state index contributed by atoms with van der Waals surface area (Å²) in [5.74, 6) is -8.37. The molecule has 1 heterocycles. The molecular formula is C20H11F9O2S. The van der Waals surface area contributed by atoms with Crippen molar-refractivity contribution >= 4 is 11.3 Å². The van der Waals surface area contributed by atoms with Gasteiger partial charge in [-0.05, 0) is 36.8 Å². The van der Waals surface area contributed by atoms with Crippen molar-refractivity contribution in [3.05, 3.63) is 70.1 Å². The first-order chi connectivity index (χ1) is 14.8. The summed E-state index contributed by atoms with van der Waals surface area (Å²) >= 11 is 0.892. The van der Waals surface area contributed by atoms with Crippen molar-refractivity contribution in [1.29, 1.82) is 0 Å². The van der Waals surface area contributed by atoms with Crippen molar-refractivity contribution in [2.24, 2.45) is 0 Å². The zero-order valence-corrected chi connectivity index (χ0v) is 16.6. The number of benzene rings is 2. The first-order valence-corrected chi connectivity index (χ1v) is 9.52. The number of hydrogen-bond donors (Lipinski definition) is 0. The van der Waals surface area contributed by atoms with Crippen molar-refractivity contribution in [2.45, 2.75) is 25.8 Å². The second-order valence-corrected chi connectivity index (χ2v) is 7.45. The van der Waals surface area contributed by atoms with Gasteiger partial charge in [-0.1, -0.05) is 6.92 Å². The summed E-state index contributed by atoms with van der Waals surface area (Å²) in [5.41, 5.74) is -2.16. The lowest BCUT2D eigenvalue weighted by molar-refractivity contribution is -0.275. The molecule has 0 N–H and O–H groups in total. The van der Waals surface area contributed by atoms with Gasteiger partial charge in [0.2, 0.25) is 0 Å². The van der Waals surface area contributed by atoms with Crippen molar-refractivity contribution < 1.29 is 49.0 Å². The Balaban J connectivity index is 1.91. The Hall–Kier alpha value is -2.89. The van der Waals surface area contributed by atoms with E-state index < -0.39 is 52.8 Å². The predicted molar refractivity (Wildman–Crippen MR) is 96.6 cm³/mol. The second kappa shape index (κ2) is 8.57. The van der Waals surface area contributed by atoms with Crippen LogP contribution in [0.1, 0.15) is 17.4 Å². The maximum Gasteiger partial charge on any atom is 0.573 e. The third-order valence-corrected chi connectivity index (χ3v) is 5.36. The Kier molecular flexibility index (Phi) is 6.36. The molecule has 2 aromatic carbocycles. The van der Waals surface area contributed by atoms with E-state index in [1.807, 2.05) is 0 Å². The number of alkyl halides is 5. The minimum atomic E-state index is -5.24. The smallest absolute Gasteiger partial charge is 0.429 e. The highest BCUT2D eigenvalue weighted by Crippen LogP contribution is 2.40. The van der Waals surface area contributed by atoms with Gasteiger partial charge in [-0.15, -0.1) is 24.5 Å². The SMILES string of the molecule is CCc1cc(F)c(-c2cc(F)c(C(F)(F)Oc3ccc(OC(F)(F)F)c(F)c3)c(F)c2)s1. The fourth-order valence-electron chi connectivity index (χ4n) is 2.72. The van der Waals surface area contributed by atoms with Gasteiger partial charge in [0.25, 0.3) is 0 Å². The second-order valence-electron chi connectivity index (χ2n) is 6.32. The Morgan fingerprint density at radius 3 is 1.91 bits per heavy atom. The zero-order chi connectivity index (χ0) is 23.8. The lowest BCUT2D eigenvalue weighted by Gasteiger charge is -2.20. The van der Waals surface area contributed by atoms with Gasteiger partial charge in [0.05, 0.1) is 4.88 Å². The van der Waals surface area contributed by atoms with Gasteiger partial charge in [-0.3, -0.25) is 0 Å². The lowest BCUT2D eigenvalue weighted by Crippen LogP contribution is -2.25. The third kappa shape index (κ3) is 5.12. The fraction of sp³-hybridized carbons (Fsp3) is 0.200. The van der Waals surface area contributed by atoms with Crippen LogP contribution in [0.3, 0.4) is 0 Å². The van der Waals surface area contributed by atoms with E-state index in [1.165, 1.54) is 0 Å². The molecule has 0 fully saturated rings. The summed E-state index contributed by atoms with van der Waals surface area (Å²) in [6.07, 6.45) is -9.48. The van der Waals surface area contributed by atoms with Crippen LogP contribution in [0.25, 0.3) is 10.4 Å². The minimum absolute atomic E-state index is 0.131. The molecule has 0 saturated carbocycles. The molecule has 1 aromatic heterocycles. The van der Waals surface area contributed by atoms with Crippen molar-refractivity contribution in [1.82, 2.24) is 0 Å². The van der Waals surface area contributed by atoms with Crippen LogP contribution in [0.5, 0.6) is 11.5 Å². The van der Waals surface area contributed by atoms with Gasteiger partial charge >= 0.3 is 12.5 Å². The largest absolute Gasteiger partial charge is 0.573 e. The average Bonchev–Trinajstić information content (AvgIpc) is 3.03. The predicted octanol–water partition coefficient (Wildman–Crippen LogP) is 7.56. The summed E-state index contributed by atoms with van der Waals surface area (Å²) in [5, 5.41) is 0. The van der Waals surface area contributed by atoms with Crippen molar-refractivity contribution in [2.75, 3.05) is 0 Å². The Bertz CT molecular complexity index is 1120. The molecule has 0 aliphatic rings. The highest BCUT2D eigenvalue weighted by molar-refractivity contribution is 7.15.